The average molecular weight is 219 g/mol. The molecule has 0 aromatic carbocycles. The average Bonchev–Trinajstić information content (AvgIpc) is 2.30. The van der Waals surface area contributed by atoms with Gasteiger partial charge in [0.15, 0.2) is 11.9 Å². The number of carbonyl (C=O) groups excluding carboxylic acids is 1. The summed E-state index contributed by atoms with van der Waals surface area (Å²) in [4.78, 5) is 11.6. The van der Waals surface area contributed by atoms with E-state index in [1.807, 2.05) is 19.1 Å². The minimum Gasteiger partial charge on any atom is -0.871 e. The zero-order valence-corrected chi connectivity index (χ0v) is 9.27. The minimum atomic E-state index is -0.575. The third-order valence-electron chi connectivity index (χ3n) is 2.76. The standard InChI is InChI=1S/C12H13NO3/c1-8-7-9-5-3-4-6-13(9)10(11(8)14)12(15)16-2/h3-6,8H,7H2,1-2H3. The van der Waals surface area contributed by atoms with Gasteiger partial charge in [0.25, 0.3) is 5.70 Å². The largest absolute Gasteiger partial charge is 0.871 e. The number of hydrogen-bond donors (Lipinski definition) is 0. The lowest BCUT2D eigenvalue weighted by atomic mass is 9.97. The second kappa shape index (κ2) is 3.96. The maximum absolute atomic E-state index is 11.9. The molecule has 0 saturated heterocycles. The van der Waals surface area contributed by atoms with Gasteiger partial charge in [-0.25, -0.2) is 4.79 Å². The Hall–Kier alpha value is -1.84. The van der Waals surface area contributed by atoms with Gasteiger partial charge in [0.1, 0.15) is 0 Å². The zero-order chi connectivity index (χ0) is 11.7. The summed E-state index contributed by atoms with van der Waals surface area (Å²) in [5.74, 6) is -0.902. The Balaban J connectivity index is 2.60. The first-order valence-electron chi connectivity index (χ1n) is 5.14. The van der Waals surface area contributed by atoms with Crippen LogP contribution in [-0.4, -0.2) is 13.1 Å². The van der Waals surface area contributed by atoms with Crippen LogP contribution in [0.2, 0.25) is 0 Å². The van der Waals surface area contributed by atoms with E-state index in [-0.39, 0.29) is 17.4 Å². The molecule has 84 valence electrons. The first kappa shape index (κ1) is 10.7. The van der Waals surface area contributed by atoms with E-state index >= 15 is 0 Å². The van der Waals surface area contributed by atoms with Gasteiger partial charge in [-0.1, -0.05) is 13.0 Å². The molecule has 0 fully saturated rings. The highest BCUT2D eigenvalue weighted by molar-refractivity contribution is 6.06. The molecule has 0 N–H and O–H groups in total. The molecule has 4 nitrogen and oxygen atoms in total. The van der Waals surface area contributed by atoms with E-state index in [2.05, 4.69) is 4.74 Å². The number of hydrogen-bond acceptors (Lipinski definition) is 3. The summed E-state index contributed by atoms with van der Waals surface area (Å²) in [7, 11) is 1.28. The highest BCUT2D eigenvalue weighted by Gasteiger charge is 2.31. The molecule has 1 aliphatic heterocycles. The maximum Gasteiger partial charge on any atom is 0.402 e. The molecule has 1 aromatic heterocycles. The van der Waals surface area contributed by atoms with Crippen LogP contribution >= 0.6 is 0 Å². The first-order valence-corrected chi connectivity index (χ1v) is 5.14. The van der Waals surface area contributed by atoms with Gasteiger partial charge in [0, 0.05) is 18.6 Å². The monoisotopic (exact) mass is 219 g/mol. The van der Waals surface area contributed by atoms with Crippen LogP contribution in [-0.2, 0) is 16.0 Å². The number of fused-ring (bicyclic) bond motifs is 1. The van der Waals surface area contributed by atoms with E-state index in [0.29, 0.717) is 6.42 Å². The van der Waals surface area contributed by atoms with Crippen molar-refractivity contribution in [1.82, 2.24) is 0 Å². The summed E-state index contributed by atoms with van der Waals surface area (Å²) in [5.41, 5.74) is 1.06. The van der Waals surface area contributed by atoms with Gasteiger partial charge in [-0.15, -0.1) is 0 Å². The molecule has 2 heterocycles. The summed E-state index contributed by atoms with van der Waals surface area (Å²) >= 11 is 0. The minimum absolute atomic E-state index is 0.108. The molecular weight excluding hydrogens is 206 g/mol. The molecule has 1 unspecified atom stereocenters. The first-order chi connectivity index (χ1) is 7.65. The predicted octanol–water partition coefficient (Wildman–Crippen LogP) is -0.132. The fraction of sp³-hybridized carbons (Fsp3) is 0.333. The van der Waals surface area contributed by atoms with Crippen molar-refractivity contribution in [3.8, 4) is 0 Å². The maximum atomic E-state index is 11.9. The fourth-order valence-corrected chi connectivity index (χ4v) is 1.92. The zero-order valence-electron chi connectivity index (χ0n) is 9.27. The molecule has 4 heteroatoms. The van der Waals surface area contributed by atoms with Crippen LogP contribution in [0, 0.1) is 5.92 Å². The van der Waals surface area contributed by atoms with Crippen molar-refractivity contribution in [2.24, 2.45) is 5.92 Å². The highest BCUT2D eigenvalue weighted by atomic mass is 16.5. The van der Waals surface area contributed by atoms with E-state index in [0.717, 1.165) is 5.69 Å². The summed E-state index contributed by atoms with van der Waals surface area (Å²) in [6.07, 6.45) is 2.37. The quantitative estimate of drug-likeness (QED) is 0.488. The Labute approximate surface area is 93.8 Å². The van der Waals surface area contributed by atoms with Crippen molar-refractivity contribution in [1.29, 1.82) is 0 Å². The van der Waals surface area contributed by atoms with Gasteiger partial charge in [-0.2, -0.15) is 4.57 Å². The SMILES string of the molecule is COC(=O)C1=C([O-])C(C)Cc2cccc[n+]21. The van der Waals surface area contributed by atoms with E-state index in [1.54, 1.807) is 16.8 Å². The van der Waals surface area contributed by atoms with Gasteiger partial charge < -0.3 is 9.84 Å². The molecule has 0 bridgehead atoms. The summed E-state index contributed by atoms with van der Waals surface area (Å²) in [5, 5.41) is 11.9. The van der Waals surface area contributed by atoms with Gasteiger partial charge in [-0.05, 0) is 11.7 Å². The molecule has 0 radical (unpaired) electrons. The molecule has 0 saturated carbocycles. The van der Waals surface area contributed by atoms with Gasteiger partial charge >= 0.3 is 5.97 Å². The summed E-state index contributed by atoms with van der Waals surface area (Å²) in [6.45, 7) is 1.82. The Kier molecular flexibility index (Phi) is 2.64. The van der Waals surface area contributed by atoms with Crippen LogP contribution in [0.3, 0.4) is 0 Å². The molecule has 0 amide bonds. The number of esters is 1. The fourth-order valence-electron chi connectivity index (χ4n) is 1.92. The molecule has 16 heavy (non-hydrogen) atoms. The van der Waals surface area contributed by atoms with Crippen LogP contribution in [0.4, 0.5) is 0 Å². The third kappa shape index (κ3) is 1.56. The molecule has 2 rings (SSSR count). The number of ether oxygens (including phenoxy) is 1. The van der Waals surface area contributed by atoms with Crippen molar-refractivity contribution < 1.29 is 19.2 Å². The third-order valence-corrected chi connectivity index (χ3v) is 2.76. The molecule has 1 atom stereocenters. The van der Waals surface area contributed by atoms with Gasteiger partial charge in [0.2, 0.25) is 0 Å². The van der Waals surface area contributed by atoms with Crippen LogP contribution in [0.5, 0.6) is 0 Å². The smallest absolute Gasteiger partial charge is 0.402 e. The number of allylic oxidation sites excluding steroid dienone is 1. The number of carbonyl (C=O) groups is 1. The molecule has 1 aromatic rings. The van der Waals surface area contributed by atoms with Crippen molar-refractivity contribution in [2.45, 2.75) is 13.3 Å². The summed E-state index contributed by atoms with van der Waals surface area (Å²) in [6, 6.07) is 5.59. The molecule has 1 aliphatic rings. The highest BCUT2D eigenvalue weighted by Crippen LogP contribution is 2.20. The Morgan fingerprint density at radius 1 is 1.56 bits per heavy atom. The van der Waals surface area contributed by atoms with E-state index in [9.17, 15) is 9.90 Å². The van der Waals surface area contributed by atoms with Gasteiger partial charge in [0.05, 0.1) is 7.11 Å². The van der Waals surface area contributed by atoms with E-state index < -0.39 is 5.97 Å². The number of nitrogens with zero attached hydrogens (tertiary/aromatic N) is 1. The normalized spacial score (nSPS) is 19.2. The van der Waals surface area contributed by atoms with Crippen molar-refractivity contribution in [3.63, 3.8) is 0 Å². The van der Waals surface area contributed by atoms with Crippen molar-refractivity contribution in [2.75, 3.05) is 7.11 Å². The Bertz CT molecular complexity index is 465. The lowest BCUT2D eigenvalue weighted by Crippen LogP contribution is -2.47. The van der Waals surface area contributed by atoms with E-state index in [1.165, 1.54) is 7.11 Å². The van der Waals surface area contributed by atoms with Crippen LogP contribution in [0.25, 0.3) is 5.70 Å². The van der Waals surface area contributed by atoms with Crippen LogP contribution < -0.4 is 9.67 Å². The predicted molar refractivity (Wildman–Crippen MR) is 54.7 cm³/mol. The molecule has 0 aliphatic carbocycles. The second-order valence-electron chi connectivity index (χ2n) is 3.87. The lowest BCUT2D eigenvalue weighted by molar-refractivity contribution is -0.597. The molecular formula is C12H13NO3. The van der Waals surface area contributed by atoms with Gasteiger partial charge in [-0.3, -0.25) is 0 Å². The Morgan fingerprint density at radius 2 is 2.31 bits per heavy atom. The van der Waals surface area contributed by atoms with Crippen molar-refractivity contribution >= 4 is 11.7 Å². The number of rotatable bonds is 1. The van der Waals surface area contributed by atoms with Crippen LogP contribution in [0.1, 0.15) is 12.6 Å². The van der Waals surface area contributed by atoms with Crippen LogP contribution in [0.15, 0.2) is 30.2 Å². The topological polar surface area (TPSA) is 53.2 Å². The number of methoxy groups -OCH3 is 1. The second-order valence-corrected chi connectivity index (χ2v) is 3.87. The summed E-state index contributed by atoms with van der Waals surface area (Å²) < 4.78 is 6.27. The number of aromatic nitrogens is 1. The molecule has 0 spiro atoms. The van der Waals surface area contributed by atoms with E-state index in [4.69, 9.17) is 0 Å². The lowest BCUT2D eigenvalue weighted by Gasteiger charge is -2.24. The number of pyridine rings is 1. The van der Waals surface area contributed by atoms with Crippen molar-refractivity contribution in [3.05, 3.63) is 35.8 Å². The Morgan fingerprint density at radius 3 is 3.00 bits per heavy atom.